The third-order valence-electron chi connectivity index (χ3n) is 4.85. The number of hydrogen-bond donors (Lipinski definition) is 0. The Labute approximate surface area is 189 Å². The van der Waals surface area contributed by atoms with Crippen LogP contribution in [0.3, 0.4) is 0 Å². The smallest absolute Gasteiger partial charge is 0.374 e. The lowest BCUT2D eigenvalue weighted by Gasteiger charge is -2.43. The van der Waals surface area contributed by atoms with Crippen LogP contribution in [0.25, 0.3) is 0 Å². The minimum atomic E-state index is -8.32. The lowest BCUT2D eigenvalue weighted by Crippen LogP contribution is -2.72. The number of methoxy groups -OCH3 is 1. The average molecular weight is 597 g/mol. The summed E-state index contributed by atoms with van der Waals surface area (Å²) in [6.07, 6.45) is -10.3. The van der Waals surface area contributed by atoms with Gasteiger partial charge in [0.05, 0.1) is 12.0 Å². The molecule has 0 saturated carbocycles. The Balaban J connectivity index is 3.62. The minimum Gasteiger partial charge on any atom is -0.374 e. The molecule has 0 radical (unpaired) electrons. The van der Waals surface area contributed by atoms with Crippen LogP contribution < -0.4 is 0 Å². The van der Waals surface area contributed by atoms with Gasteiger partial charge in [-0.2, -0.15) is 65.9 Å². The largest absolute Gasteiger partial charge is 0.460 e. The van der Waals surface area contributed by atoms with E-state index in [9.17, 15) is 65.9 Å². The van der Waals surface area contributed by atoms with Gasteiger partial charge in [0, 0.05) is 11.6 Å². The summed E-state index contributed by atoms with van der Waals surface area (Å²) in [5, 5.41) is 0. The van der Waals surface area contributed by atoms with Gasteiger partial charge in [0.2, 0.25) is 0 Å². The maximum atomic E-state index is 14.3. The monoisotopic (exact) mass is 596 g/mol. The van der Waals surface area contributed by atoms with E-state index >= 15 is 0 Å². The Kier molecular flexibility index (Phi) is 7.77. The molecule has 1 aromatic carbocycles. The van der Waals surface area contributed by atoms with Crippen LogP contribution in [0, 0.1) is 0 Å². The van der Waals surface area contributed by atoms with Crippen molar-refractivity contribution in [3.8, 4) is 0 Å². The molecule has 0 N–H and O–H groups in total. The van der Waals surface area contributed by atoms with Crippen molar-refractivity contribution in [2.24, 2.45) is 0 Å². The van der Waals surface area contributed by atoms with Crippen LogP contribution in [-0.2, 0) is 10.3 Å². The number of rotatable bonds is 9. The van der Waals surface area contributed by atoms with Crippen LogP contribution in [0.1, 0.15) is 18.9 Å². The average Bonchev–Trinajstić information content (AvgIpc) is 2.66. The molecule has 1 unspecified atom stereocenters. The van der Waals surface area contributed by atoms with Crippen molar-refractivity contribution < 1.29 is 70.6 Å². The van der Waals surface area contributed by atoms with Crippen molar-refractivity contribution in [1.29, 1.82) is 0 Å². The molecule has 0 aliphatic rings. The van der Waals surface area contributed by atoms with Crippen molar-refractivity contribution in [3.63, 3.8) is 0 Å². The lowest BCUT2D eigenvalue weighted by molar-refractivity contribution is -0.453. The Bertz CT molecular complexity index is 880. The maximum Gasteiger partial charge on any atom is 0.460 e. The van der Waals surface area contributed by atoms with Crippen molar-refractivity contribution >= 4 is 15.9 Å². The maximum absolute atomic E-state index is 14.3. The fraction of sp³-hybridized carbons (Fsp3) is 0.647. The van der Waals surface area contributed by atoms with E-state index in [1.165, 1.54) is 6.07 Å². The zero-order valence-electron chi connectivity index (χ0n) is 16.5. The molecule has 0 spiro atoms. The molecule has 1 aromatic rings. The molecular weight excluding hydrogens is 585 g/mol. The summed E-state index contributed by atoms with van der Waals surface area (Å²) < 4.78 is 205. The van der Waals surface area contributed by atoms with Gasteiger partial charge < -0.3 is 4.74 Å². The molecule has 0 aromatic heterocycles. The first-order valence-electron chi connectivity index (χ1n) is 8.42. The molecule has 0 fully saturated rings. The summed E-state index contributed by atoms with van der Waals surface area (Å²) in [6, 6.07) is 4.46. The van der Waals surface area contributed by atoms with Gasteiger partial charge >= 0.3 is 41.7 Å². The molecule has 1 atom stereocenters. The Hall–Kier alpha value is -1.39. The van der Waals surface area contributed by atoms with Gasteiger partial charge in [-0.15, -0.1) is 0 Å². The summed E-state index contributed by atoms with van der Waals surface area (Å²) in [7, 11) is 0.596. The fourth-order valence-electron chi connectivity index (χ4n) is 2.70. The first-order valence-corrected chi connectivity index (χ1v) is 9.21. The normalized spacial score (nSPS) is 17.0. The number of hydrogen-bond acceptors (Lipinski definition) is 1. The highest BCUT2D eigenvalue weighted by atomic mass is 79.9. The highest BCUT2D eigenvalue weighted by Crippen LogP contribution is 2.63. The Morgan fingerprint density at radius 1 is 0.647 bits per heavy atom. The molecule has 0 aliphatic heterocycles. The minimum absolute atomic E-state index is 0.146. The SMILES string of the molecule is COC(C)(CC(F)(F)C(F)(F)C(F)(F)C(F)(F)C(F)(F)C(F)(F)C(F)(F)F)c1ccccc1Br. The van der Waals surface area contributed by atoms with Gasteiger partial charge in [0.1, 0.15) is 0 Å². The second-order valence-electron chi connectivity index (χ2n) is 7.17. The number of halogens is 16. The number of benzene rings is 1. The molecule has 0 aliphatic carbocycles. The number of ether oxygens (including phenoxy) is 1. The fourth-order valence-corrected chi connectivity index (χ4v) is 3.41. The Morgan fingerprint density at radius 2 is 1.03 bits per heavy atom. The van der Waals surface area contributed by atoms with Crippen molar-refractivity contribution in [2.75, 3.05) is 7.11 Å². The van der Waals surface area contributed by atoms with Gasteiger partial charge in [-0.1, -0.05) is 34.1 Å². The molecular formula is C17H12BrF15O. The van der Waals surface area contributed by atoms with Gasteiger partial charge in [0.25, 0.3) is 0 Å². The third-order valence-corrected chi connectivity index (χ3v) is 5.54. The quantitative estimate of drug-likeness (QED) is 0.262. The van der Waals surface area contributed by atoms with E-state index in [0.29, 0.717) is 14.0 Å². The number of alkyl halides is 15. The first-order chi connectivity index (χ1) is 14.8. The highest BCUT2D eigenvalue weighted by Gasteiger charge is 2.93. The third kappa shape index (κ3) is 4.34. The zero-order chi connectivity index (χ0) is 27.4. The van der Waals surface area contributed by atoms with E-state index in [4.69, 9.17) is 0 Å². The van der Waals surface area contributed by atoms with E-state index in [1.807, 2.05) is 0 Å². The summed E-state index contributed by atoms with van der Waals surface area (Å²) in [5.74, 6) is -46.7. The van der Waals surface area contributed by atoms with Gasteiger partial charge in [-0.25, -0.2) is 0 Å². The van der Waals surface area contributed by atoms with E-state index in [1.54, 1.807) is 0 Å². The second-order valence-corrected chi connectivity index (χ2v) is 8.02. The topological polar surface area (TPSA) is 9.23 Å². The van der Waals surface area contributed by atoms with Crippen LogP contribution >= 0.6 is 15.9 Å². The first kappa shape index (κ1) is 30.6. The van der Waals surface area contributed by atoms with Crippen LogP contribution in [0.4, 0.5) is 65.9 Å². The summed E-state index contributed by atoms with van der Waals surface area (Å²) >= 11 is 2.80. The predicted octanol–water partition coefficient (Wildman–Crippen LogP) is 8.07. The molecule has 0 saturated heterocycles. The van der Waals surface area contributed by atoms with E-state index < -0.39 is 59.3 Å². The second kappa shape index (κ2) is 8.62. The zero-order valence-corrected chi connectivity index (χ0v) is 18.1. The summed E-state index contributed by atoms with van der Waals surface area (Å²) in [6.45, 7) is 0.583. The van der Waals surface area contributed by atoms with E-state index in [-0.39, 0.29) is 4.47 Å². The van der Waals surface area contributed by atoms with Gasteiger partial charge in [0.15, 0.2) is 0 Å². The molecule has 34 heavy (non-hydrogen) atoms. The highest BCUT2D eigenvalue weighted by molar-refractivity contribution is 9.10. The molecule has 0 heterocycles. The molecule has 0 bridgehead atoms. The van der Waals surface area contributed by atoms with Crippen LogP contribution in [-0.4, -0.2) is 48.8 Å². The van der Waals surface area contributed by atoms with Gasteiger partial charge in [-0.05, 0) is 18.6 Å². The molecule has 1 rings (SSSR count). The molecule has 1 nitrogen and oxygen atoms in total. The Morgan fingerprint density at radius 3 is 1.41 bits per heavy atom. The molecule has 17 heteroatoms. The van der Waals surface area contributed by atoms with Crippen LogP contribution in [0.2, 0.25) is 0 Å². The van der Waals surface area contributed by atoms with Crippen molar-refractivity contribution in [1.82, 2.24) is 0 Å². The summed E-state index contributed by atoms with van der Waals surface area (Å²) in [4.78, 5) is 0. The van der Waals surface area contributed by atoms with Crippen LogP contribution in [0.5, 0.6) is 0 Å². The van der Waals surface area contributed by atoms with Crippen molar-refractivity contribution in [2.45, 2.75) is 60.7 Å². The van der Waals surface area contributed by atoms with Gasteiger partial charge in [-0.3, -0.25) is 0 Å². The molecule has 198 valence electrons. The molecule has 0 amide bonds. The van der Waals surface area contributed by atoms with E-state index in [0.717, 1.165) is 18.2 Å². The van der Waals surface area contributed by atoms with E-state index in [2.05, 4.69) is 20.7 Å². The van der Waals surface area contributed by atoms with Crippen molar-refractivity contribution in [3.05, 3.63) is 34.3 Å². The standard InChI is InChI=1S/C17H12BrF15O/c1-10(34-2,8-5-3-4-6-9(8)18)7-11(19,20)12(21,22)13(23,24)14(25,26)15(27,28)16(29,30)17(31,32)33/h3-6H,7H2,1-2H3. The van der Waals surface area contributed by atoms with Crippen LogP contribution in [0.15, 0.2) is 28.7 Å². The lowest BCUT2D eigenvalue weighted by atomic mass is 9.83. The summed E-state index contributed by atoms with van der Waals surface area (Å²) in [5.41, 5.74) is -3.16. The predicted molar refractivity (Wildman–Crippen MR) is 88.9 cm³/mol.